The molecule has 0 radical (unpaired) electrons. The van der Waals surface area contributed by atoms with E-state index in [4.69, 9.17) is 9.47 Å². The number of aromatic nitrogens is 2. The summed E-state index contributed by atoms with van der Waals surface area (Å²) in [5.74, 6) is 0.505. The van der Waals surface area contributed by atoms with Crippen LogP contribution in [0.4, 0.5) is 4.79 Å². The summed E-state index contributed by atoms with van der Waals surface area (Å²) in [5, 5.41) is 8.30. The van der Waals surface area contributed by atoms with Crippen LogP contribution in [0.1, 0.15) is 52.1 Å². The van der Waals surface area contributed by atoms with Crippen LogP contribution in [0.5, 0.6) is 5.88 Å². The van der Waals surface area contributed by atoms with E-state index in [9.17, 15) is 4.79 Å². The molecule has 1 saturated heterocycles. The Balaban J connectivity index is 1.82. The van der Waals surface area contributed by atoms with Gasteiger partial charge in [0.2, 0.25) is 5.88 Å². The molecule has 1 aromatic rings. The fourth-order valence-electron chi connectivity index (χ4n) is 3.42. The summed E-state index contributed by atoms with van der Waals surface area (Å²) in [7, 11) is 1.58. The highest BCUT2D eigenvalue weighted by molar-refractivity contribution is 5.73. The predicted octanol–water partition coefficient (Wildman–Crippen LogP) is 3.43. The standard InChI is InChI=1S/C18H25N3O3/c1-18(2,3)24-17(22)21-13-6-5-7-14(21)11-12(10-13)15-8-9-16(23-4)20-19-15/h8-10,13-14H,5-7,11H2,1-4H3. The molecule has 2 bridgehead atoms. The zero-order valence-electron chi connectivity index (χ0n) is 14.8. The zero-order valence-corrected chi connectivity index (χ0v) is 14.8. The number of amides is 1. The number of methoxy groups -OCH3 is 1. The number of carbonyl (C=O) groups excluding carboxylic acids is 1. The van der Waals surface area contributed by atoms with Crippen LogP contribution in [0.2, 0.25) is 0 Å². The highest BCUT2D eigenvalue weighted by Gasteiger charge is 2.39. The Kier molecular flexibility index (Phi) is 4.47. The van der Waals surface area contributed by atoms with Crippen molar-refractivity contribution in [3.8, 4) is 5.88 Å². The van der Waals surface area contributed by atoms with E-state index in [1.165, 1.54) is 0 Å². The number of carbonyl (C=O) groups is 1. The minimum absolute atomic E-state index is 0.0752. The van der Waals surface area contributed by atoms with Crippen LogP contribution in [0.3, 0.4) is 0 Å². The number of hydrogen-bond acceptors (Lipinski definition) is 5. The van der Waals surface area contributed by atoms with Gasteiger partial charge in [0, 0.05) is 12.1 Å². The maximum atomic E-state index is 12.6. The van der Waals surface area contributed by atoms with Gasteiger partial charge in [-0.3, -0.25) is 4.90 Å². The second-order valence-electron chi connectivity index (χ2n) is 7.40. The van der Waals surface area contributed by atoms with Crippen molar-refractivity contribution in [2.45, 2.75) is 64.1 Å². The van der Waals surface area contributed by atoms with Gasteiger partial charge in [-0.1, -0.05) is 6.08 Å². The van der Waals surface area contributed by atoms with Gasteiger partial charge < -0.3 is 9.47 Å². The van der Waals surface area contributed by atoms with Crippen molar-refractivity contribution in [1.82, 2.24) is 15.1 Å². The van der Waals surface area contributed by atoms with Crippen molar-refractivity contribution >= 4 is 11.7 Å². The average Bonchev–Trinajstić information content (AvgIpc) is 2.52. The third kappa shape index (κ3) is 3.52. The number of hydrogen-bond donors (Lipinski definition) is 0. The molecule has 2 aliphatic heterocycles. The Hall–Kier alpha value is -2.11. The molecule has 130 valence electrons. The molecule has 2 aliphatic rings. The molecule has 1 fully saturated rings. The largest absolute Gasteiger partial charge is 0.480 e. The lowest BCUT2D eigenvalue weighted by atomic mass is 9.84. The molecule has 2 atom stereocenters. The molecular weight excluding hydrogens is 306 g/mol. The molecule has 1 amide bonds. The van der Waals surface area contributed by atoms with Crippen molar-refractivity contribution in [2.24, 2.45) is 0 Å². The van der Waals surface area contributed by atoms with Gasteiger partial charge in [0.15, 0.2) is 0 Å². The zero-order chi connectivity index (χ0) is 17.3. The predicted molar refractivity (Wildman–Crippen MR) is 90.7 cm³/mol. The van der Waals surface area contributed by atoms with Crippen molar-refractivity contribution in [3.05, 3.63) is 23.9 Å². The smallest absolute Gasteiger partial charge is 0.411 e. The molecule has 6 heteroatoms. The van der Waals surface area contributed by atoms with Crippen molar-refractivity contribution in [1.29, 1.82) is 0 Å². The summed E-state index contributed by atoms with van der Waals surface area (Å²) in [6.07, 6.45) is 5.81. The second-order valence-corrected chi connectivity index (χ2v) is 7.40. The Bertz CT molecular complexity index is 634. The number of nitrogens with zero attached hydrogens (tertiary/aromatic N) is 3. The first-order valence-corrected chi connectivity index (χ1v) is 8.47. The molecule has 3 rings (SSSR count). The average molecular weight is 331 g/mol. The molecular formula is C18H25N3O3. The van der Waals surface area contributed by atoms with Gasteiger partial charge in [0.1, 0.15) is 5.60 Å². The maximum Gasteiger partial charge on any atom is 0.411 e. The quantitative estimate of drug-likeness (QED) is 0.831. The lowest BCUT2D eigenvalue weighted by molar-refractivity contribution is 0.0000648. The number of ether oxygens (including phenoxy) is 2. The number of piperidine rings is 1. The van der Waals surface area contributed by atoms with E-state index in [0.717, 1.165) is 37.0 Å². The van der Waals surface area contributed by atoms with E-state index in [1.807, 2.05) is 37.8 Å². The summed E-state index contributed by atoms with van der Waals surface area (Å²) < 4.78 is 10.7. The van der Waals surface area contributed by atoms with E-state index >= 15 is 0 Å². The van der Waals surface area contributed by atoms with Gasteiger partial charge in [0.25, 0.3) is 0 Å². The van der Waals surface area contributed by atoms with Gasteiger partial charge in [-0.15, -0.1) is 10.2 Å². The number of rotatable bonds is 2. The number of fused-ring (bicyclic) bond motifs is 2. The minimum Gasteiger partial charge on any atom is -0.480 e. The van der Waals surface area contributed by atoms with Crippen molar-refractivity contribution < 1.29 is 14.3 Å². The third-order valence-electron chi connectivity index (χ3n) is 4.42. The summed E-state index contributed by atoms with van der Waals surface area (Å²) in [5.41, 5.74) is 1.54. The normalized spacial score (nSPS) is 23.5. The first-order valence-electron chi connectivity index (χ1n) is 8.47. The monoisotopic (exact) mass is 331 g/mol. The molecule has 24 heavy (non-hydrogen) atoms. The molecule has 0 spiro atoms. The third-order valence-corrected chi connectivity index (χ3v) is 4.42. The summed E-state index contributed by atoms with van der Waals surface area (Å²) >= 11 is 0. The molecule has 0 N–H and O–H groups in total. The topological polar surface area (TPSA) is 64.5 Å². The fraction of sp³-hybridized carbons (Fsp3) is 0.611. The van der Waals surface area contributed by atoms with E-state index in [2.05, 4.69) is 16.3 Å². The second kappa shape index (κ2) is 6.42. The van der Waals surface area contributed by atoms with Crippen molar-refractivity contribution in [2.75, 3.05) is 7.11 Å². The molecule has 2 unspecified atom stereocenters. The summed E-state index contributed by atoms with van der Waals surface area (Å²) in [6, 6.07) is 3.99. The molecule has 6 nitrogen and oxygen atoms in total. The Morgan fingerprint density at radius 3 is 2.62 bits per heavy atom. The minimum atomic E-state index is -0.475. The Labute approximate surface area is 142 Å². The van der Waals surface area contributed by atoms with Gasteiger partial charge in [0.05, 0.1) is 18.8 Å². The lowest BCUT2D eigenvalue weighted by Gasteiger charge is -2.44. The summed E-state index contributed by atoms with van der Waals surface area (Å²) in [6.45, 7) is 5.70. The van der Waals surface area contributed by atoms with E-state index in [0.29, 0.717) is 5.88 Å². The van der Waals surface area contributed by atoms with Gasteiger partial charge in [-0.25, -0.2) is 4.79 Å². The first kappa shape index (κ1) is 16.7. The van der Waals surface area contributed by atoms with Crippen LogP contribution >= 0.6 is 0 Å². The molecule has 0 aliphatic carbocycles. The molecule has 1 aromatic heterocycles. The van der Waals surface area contributed by atoms with E-state index < -0.39 is 5.60 Å². The SMILES string of the molecule is COc1ccc(C2=CC3CCCC(C2)N3C(=O)OC(C)(C)C)nn1. The van der Waals surface area contributed by atoms with Gasteiger partial charge in [-0.05, 0) is 58.1 Å². The van der Waals surface area contributed by atoms with E-state index in [-0.39, 0.29) is 18.2 Å². The van der Waals surface area contributed by atoms with E-state index in [1.54, 1.807) is 7.11 Å². The van der Waals surface area contributed by atoms with Crippen LogP contribution in [0.15, 0.2) is 18.2 Å². The fourth-order valence-corrected chi connectivity index (χ4v) is 3.42. The van der Waals surface area contributed by atoms with Crippen LogP contribution in [-0.2, 0) is 4.74 Å². The highest BCUT2D eigenvalue weighted by atomic mass is 16.6. The maximum absolute atomic E-state index is 12.6. The van der Waals surface area contributed by atoms with Gasteiger partial charge >= 0.3 is 6.09 Å². The van der Waals surface area contributed by atoms with Crippen LogP contribution < -0.4 is 4.74 Å². The molecule has 3 heterocycles. The Morgan fingerprint density at radius 2 is 2.04 bits per heavy atom. The van der Waals surface area contributed by atoms with Gasteiger partial charge in [-0.2, -0.15) is 0 Å². The summed E-state index contributed by atoms with van der Waals surface area (Å²) in [4.78, 5) is 14.5. The van der Waals surface area contributed by atoms with Crippen molar-refractivity contribution in [3.63, 3.8) is 0 Å². The molecule has 0 saturated carbocycles. The highest BCUT2D eigenvalue weighted by Crippen LogP contribution is 2.37. The van der Waals surface area contributed by atoms with Crippen LogP contribution in [0, 0.1) is 0 Å². The first-order chi connectivity index (χ1) is 11.4. The lowest BCUT2D eigenvalue weighted by Crippen LogP contribution is -2.53. The van der Waals surface area contributed by atoms with Crippen LogP contribution in [-0.4, -0.2) is 46.0 Å². The van der Waals surface area contributed by atoms with Crippen LogP contribution in [0.25, 0.3) is 5.57 Å². The Morgan fingerprint density at radius 1 is 1.25 bits per heavy atom. The molecule has 0 aromatic carbocycles.